The molecule has 118 valence electrons. The second kappa shape index (κ2) is 8.32. The van der Waals surface area contributed by atoms with E-state index in [-0.39, 0.29) is 0 Å². The highest BCUT2D eigenvalue weighted by molar-refractivity contribution is 4.88. The molecule has 2 aliphatic rings. The van der Waals surface area contributed by atoms with E-state index < -0.39 is 0 Å². The van der Waals surface area contributed by atoms with E-state index in [4.69, 9.17) is 9.47 Å². The summed E-state index contributed by atoms with van der Waals surface area (Å²) in [5.74, 6) is 0.767. The van der Waals surface area contributed by atoms with E-state index in [1.54, 1.807) is 0 Å². The highest BCUT2D eigenvalue weighted by atomic mass is 16.5. The lowest BCUT2D eigenvalue weighted by molar-refractivity contribution is -0.0322. The predicted octanol–water partition coefficient (Wildman–Crippen LogP) is 1.75. The van der Waals surface area contributed by atoms with E-state index in [1.165, 1.54) is 45.3 Å². The number of piperidine rings is 1. The molecule has 20 heavy (non-hydrogen) atoms. The minimum atomic E-state index is 0.336. The monoisotopic (exact) mass is 284 g/mol. The second-order valence-corrected chi connectivity index (χ2v) is 6.61. The summed E-state index contributed by atoms with van der Waals surface area (Å²) in [7, 11) is 1.82. The lowest BCUT2D eigenvalue weighted by atomic mass is 9.81. The van der Waals surface area contributed by atoms with Crippen molar-refractivity contribution in [2.75, 3.05) is 59.7 Å². The van der Waals surface area contributed by atoms with Crippen LogP contribution in [-0.4, -0.2) is 64.6 Å². The fourth-order valence-corrected chi connectivity index (χ4v) is 3.64. The molecule has 1 N–H and O–H groups in total. The van der Waals surface area contributed by atoms with Gasteiger partial charge in [-0.1, -0.05) is 6.92 Å². The van der Waals surface area contributed by atoms with Gasteiger partial charge in [0.2, 0.25) is 0 Å². The maximum Gasteiger partial charge on any atom is 0.0546 e. The van der Waals surface area contributed by atoms with Gasteiger partial charge in [0, 0.05) is 38.8 Å². The number of nitrogens with zero attached hydrogens (tertiary/aromatic N) is 1. The Kier molecular flexibility index (Phi) is 6.75. The van der Waals surface area contributed by atoms with Crippen molar-refractivity contribution in [2.45, 2.75) is 32.6 Å². The van der Waals surface area contributed by atoms with Crippen molar-refractivity contribution in [3.63, 3.8) is 0 Å². The molecule has 0 spiro atoms. The Hall–Kier alpha value is -0.160. The quantitative estimate of drug-likeness (QED) is 0.772. The molecule has 1 atom stereocenters. The Morgan fingerprint density at radius 3 is 2.75 bits per heavy atom. The number of methoxy groups -OCH3 is 1. The van der Waals surface area contributed by atoms with Gasteiger partial charge < -0.3 is 19.7 Å². The largest absolute Gasteiger partial charge is 0.384 e. The van der Waals surface area contributed by atoms with E-state index in [9.17, 15) is 0 Å². The van der Waals surface area contributed by atoms with E-state index in [2.05, 4.69) is 17.1 Å². The number of likely N-dealkylation sites (tertiary alicyclic amines) is 1. The van der Waals surface area contributed by atoms with Crippen molar-refractivity contribution in [1.82, 2.24) is 10.2 Å². The van der Waals surface area contributed by atoms with Crippen LogP contribution in [0.4, 0.5) is 0 Å². The number of rotatable bonds is 7. The molecule has 2 fully saturated rings. The van der Waals surface area contributed by atoms with Crippen molar-refractivity contribution in [2.24, 2.45) is 11.3 Å². The van der Waals surface area contributed by atoms with Gasteiger partial charge in [-0.25, -0.2) is 0 Å². The van der Waals surface area contributed by atoms with Crippen LogP contribution in [0.25, 0.3) is 0 Å². The number of hydrogen-bond acceptors (Lipinski definition) is 4. The van der Waals surface area contributed by atoms with Crippen molar-refractivity contribution in [3.8, 4) is 0 Å². The van der Waals surface area contributed by atoms with Crippen LogP contribution in [0.3, 0.4) is 0 Å². The molecule has 0 radical (unpaired) electrons. The van der Waals surface area contributed by atoms with E-state index >= 15 is 0 Å². The van der Waals surface area contributed by atoms with Gasteiger partial charge in [-0.15, -0.1) is 0 Å². The maximum absolute atomic E-state index is 5.80. The molecule has 0 aromatic rings. The molecule has 0 bridgehead atoms. The molecule has 2 aliphatic heterocycles. The summed E-state index contributed by atoms with van der Waals surface area (Å²) in [6.07, 6.45) is 5.08. The highest BCUT2D eigenvalue weighted by Gasteiger charge is 2.35. The zero-order chi connectivity index (χ0) is 14.3. The second-order valence-electron chi connectivity index (χ2n) is 6.61. The molecule has 0 saturated carbocycles. The molecule has 2 saturated heterocycles. The van der Waals surface area contributed by atoms with Gasteiger partial charge >= 0.3 is 0 Å². The molecule has 4 heteroatoms. The molecule has 0 amide bonds. The van der Waals surface area contributed by atoms with Crippen LogP contribution >= 0.6 is 0 Å². The van der Waals surface area contributed by atoms with Crippen LogP contribution in [0.1, 0.15) is 32.6 Å². The van der Waals surface area contributed by atoms with Gasteiger partial charge in [0.05, 0.1) is 6.61 Å². The molecule has 2 heterocycles. The summed E-state index contributed by atoms with van der Waals surface area (Å²) in [4.78, 5) is 2.65. The normalized spacial score (nSPS) is 29.7. The Balaban J connectivity index is 1.82. The summed E-state index contributed by atoms with van der Waals surface area (Å²) in [5, 5.41) is 3.55. The zero-order valence-corrected chi connectivity index (χ0v) is 13.3. The third kappa shape index (κ3) is 4.69. The summed E-state index contributed by atoms with van der Waals surface area (Å²) >= 11 is 0. The first-order valence-electron chi connectivity index (χ1n) is 8.28. The first kappa shape index (κ1) is 16.2. The van der Waals surface area contributed by atoms with Gasteiger partial charge in [0.15, 0.2) is 0 Å². The smallest absolute Gasteiger partial charge is 0.0546 e. The van der Waals surface area contributed by atoms with Gasteiger partial charge in [-0.2, -0.15) is 0 Å². The average molecular weight is 284 g/mol. The number of ether oxygens (including phenoxy) is 2. The van der Waals surface area contributed by atoms with Crippen LogP contribution in [0.15, 0.2) is 0 Å². The first-order chi connectivity index (χ1) is 9.78. The minimum Gasteiger partial charge on any atom is -0.384 e. The molecule has 0 aliphatic carbocycles. The lowest BCUT2D eigenvalue weighted by Crippen LogP contribution is -2.50. The summed E-state index contributed by atoms with van der Waals surface area (Å²) in [6.45, 7) is 10.8. The van der Waals surface area contributed by atoms with Crippen LogP contribution < -0.4 is 5.32 Å². The van der Waals surface area contributed by atoms with Crippen LogP contribution in [0.5, 0.6) is 0 Å². The SMILES string of the molecule is CCNCC1(CN2CCC(COC)CC2)CCCOC1. The van der Waals surface area contributed by atoms with Crippen LogP contribution in [0.2, 0.25) is 0 Å². The molecular weight excluding hydrogens is 252 g/mol. The minimum absolute atomic E-state index is 0.336. The summed E-state index contributed by atoms with van der Waals surface area (Å²) in [5.41, 5.74) is 0.336. The number of hydrogen-bond donors (Lipinski definition) is 1. The Labute approximate surface area is 124 Å². The van der Waals surface area contributed by atoms with Crippen molar-refractivity contribution in [3.05, 3.63) is 0 Å². The Morgan fingerprint density at radius 2 is 2.15 bits per heavy atom. The Morgan fingerprint density at radius 1 is 1.35 bits per heavy atom. The average Bonchev–Trinajstić information content (AvgIpc) is 2.49. The highest BCUT2D eigenvalue weighted by Crippen LogP contribution is 2.30. The molecule has 0 aromatic carbocycles. The van der Waals surface area contributed by atoms with Gasteiger partial charge in [0.1, 0.15) is 0 Å². The first-order valence-corrected chi connectivity index (χ1v) is 8.28. The van der Waals surface area contributed by atoms with Gasteiger partial charge in [0.25, 0.3) is 0 Å². The van der Waals surface area contributed by atoms with E-state index in [0.29, 0.717) is 5.41 Å². The van der Waals surface area contributed by atoms with E-state index in [1.807, 2.05) is 7.11 Å². The fourth-order valence-electron chi connectivity index (χ4n) is 3.64. The van der Waals surface area contributed by atoms with Crippen molar-refractivity contribution < 1.29 is 9.47 Å². The molecular formula is C16H32N2O2. The summed E-state index contributed by atoms with van der Waals surface area (Å²) in [6, 6.07) is 0. The third-order valence-corrected chi connectivity index (χ3v) is 4.82. The van der Waals surface area contributed by atoms with Crippen LogP contribution in [0, 0.1) is 11.3 Å². The Bertz CT molecular complexity index is 259. The molecule has 4 nitrogen and oxygen atoms in total. The summed E-state index contributed by atoms with van der Waals surface area (Å²) < 4.78 is 11.1. The van der Waals surface area contributed by atoms with Gasteiger partial charge in [-0.3, -0.25) is 0 Å². The fraction of sp³-hybridized carbons (Fsp3) is 1.00. The topological polar surface area (TPSA) is 33.7 Å². The molecule has 1 unspecified atom stereocenters. The third-order valence-electron chi connectivity index (χ3n) is 4.82. The standard InChI is InChI=1S/C16H32N2O2/c1-3-17-12-16(7-4-10-20-14-16)13-18-8-5-15(6-9-18)11-19-2/h15,17H,3-14H2,1-2H3. The van der Waals surface area contributed by atoms with Crippen molar-refractivity contribution in [1.29, 1.82) is 0 Å². The predicted molar refractivity (Wildman–Crippen MR) is 82.1 cm³/mol. The molecule has 0 aromatic heterocycles. The number of nitrogens with one attached hydrogen (secondary N) is 1. The van der Waals surface area contributed by atoms with E-state index in [0.717, 1.165) is 38.8 Å². The molecule has 2 rings (SSSR count). The van der Waals surface area contributed by atoms with Gasteiger partial charge in [-0.05, 0) is 51.2 Å². The lowest BCUT2D eigenvalue weighted by Gasteiger charge is -2.43. The van der Waals surface area contributed by atoms with Crippen molar-refractivity contribution >= 4 is 0 Å². The zero-order valence-electron chi connectivity index (χ0n) is 13.3. The van der Waals surface area contributed by atoms with Crippen LogP contribution in [-0.2, 0) is 9.47 Å². The maximum atomic E-state index is 5.80.